The van der Waals surface area contributed by atoms with Crippen LogP contribution in [0.4, 0.5) is 13.2 Å². The summed E-state index contributed by atoms with van der Waals surface area (Å²) >= 11 is 0. The lowest BCUT2D eigenvalue weighted by molar-refractivity contribution is -0.146. The molecule has 1 aromatic rings. The summed E-state index contributed by atoms with van der Waals surface area (Å²) in [4.78, 5) is 14.3. The van der Waals surface area contributed by atoms with Crippen LogP contribution in [-0.2, 0) is 4.79 Å². The summed E-state index contributed by atoms with van der Waals surface area (Å²) in [5, 5.41) is 0. The van der Waals surface area contributed by atoms with Crippen LogP contribution >= 0.6 is 0 Å². The molecule has 2 fully saturated rings. The monoisotopic (exact) mass is 311 g/mol. The van der Waals surface area contributed by atoms with E-state index in [1.54, 1.807) is 18.7 Å². The highest BCUT2D eigenvalue weighted by Crippen LogP contribution is 2.52. The predicted octanol–water partition coefficient (Wildman–Crippen LogP) is 4.23. The lowest BCUT2D eigenvalue weighted by Crippen LogP contribution is -2.40. The Morgan fingerprint density at radius 1 is 1.32 bits per heavy atom. The number of carbonyl (C=O) groups excluding carboxylic acids is 1. The second kappa shape index (κ2) is 5.28. The molecule has 5 heteroatoms. The average molecular weight is 311 g/mol. The van der Waals surface area contributed by atoms with Crippen molar-refractivity contribution in [3.63, 3.8) is 0 Å². The van der Waals surface area contributed by atoms with Crippen molar-refractivity contribution in [1.82, 2.24) is 4.90 Å². The Balaban J connectivity index is 1.96. The van der Waals surface area contributed by atoms with E-state index in [1.807, 2.05) is 6.07 Å². The summed E-state index contributed by atoms with van der Waals surface area (Å²) in [5.74, 6) is -0.805. The molecule has 22 heavy (non-hydrogen) atoms. The minimum atomic E-state index is -2.65. The minimum absolute atomic E-state index is 0.143. The predicted molar refractivity (Wildman–Crippen MR) is 77.1 cm³/mol. The quantitative estimate of drug-likeness (QED) is 0.818. The van der Waals surface area contributed by atoms with Gasteiger partial charge in [-0.3, -0.25) is 4.79 Å². The average Bonchev–Trinajstić information content (AvgIpc) is 2.96. The summed E-state index contributed by atoms with van der Waals surface area (Å²) in [7, 11) is 0. The van der Waals surface area contributed by atoms with Gasteiger partial charge in [-0.05, 0) is 55.9 Å². The molecule has 0 spiro atoms. The number of halogens is 3. The molecular weight excluding hydrogens is 291 g/mol. The first-order valence-electron chi connectivity index (χ1n) is 7.77. The lowest BCUT2D eigenvalue weighted by atomic mass is 9.81. The van der Waals surface area contributed by atoms with E-state index in [0.29, 0.717) is 12.8 Å². The minimum Gasteiger partial charge on any atom is -0.332 e. The van der Waals surface area contributed by atoms with Gasteiger partial charge in [0, 0.05) is 6.04 Å². The Labute approximate surface area is 128 Å². The fraction of sp³-hybridized carbons (Fsp3) is 0.588. The van der Waals surface area contributed by atoms with E-state index in [1.165, 1.54) is 12.1 Å². The van der Waals surface area contributed by atoms with Crippen LogP contribution in [0.3, 0.4) is 0 Å². The molecule has 1 aromatic carbocycles. The fourth-order valence-corrected chi connectivity index (χ4v) is 4.07. The number of hydrogen-bond acceptors (Lipinski definition) is 1. The van der Waals surface area contributed by atoms with Crippen molar-refractivity contribution < 1.29 is 18.0 Å². The Hall–Kier alpha value is -1.52. The number of nitrogens with zero attached hydrogens (tertiary/aromatic N) is 1. The highest BCUT2D eigenvalue weighted by atomic mass is 19.3. The highest BCUT2D eigenvalue weighted by Gasteiger charge is 2.59. The number of carbonyl (C=O) groups is 1. The normalized spacial score (nSPS) is 31.2. The van der Waals surface area contributed by atoms with Gasteiger partial charge in [-0.1, -0.05) is 13.0 Å². The van der Waals surface area contributed by atoms with E-state index in [4.69, 9.17) is 0 Å². The molecule has 0 N–H and O–H groups in total. The number of alkyl halides is 2. The Kier molecular flexibility index (Phi) is 3.69. The van der Waals surface area contributed by atoms with Gasteiger partial charge in [0.15, 0.2) is 0 Å². The van der Waals surface area contributed by atoms with E-state index in [-0.39, 0.29) is 30.7 Å². The Morgan fingerprint density at radius 3 is 2.64 bits per heavy atom. The van der Waals surface area contributed by atoms with Crippen molar-refractivity contribution in [3.05, 3.63) is 35.1 Å². The molecule has 0 saturated carbocycles. The molecule has 0 aromatic heterocycles. The summed E-state index contributed by atoms with van der Waals surface area (Å²) in [5.41, 5.74) is -0.0543. The molecule has 2 aliphatic heterocycles. The van der Waals surface area contributed by atoms with Gasteiger partial charge >= 0.3 is 0 Å². The zero-order valence-electron chi connectivity index (χ0n) is 12.8. The molecule has 2 aliphatic rings. The van der Waals surface area contributed by atoms with Gasteiger partial charge in [-0.15, -0.1) is 0 Å². The Morgan fingerprint density at radius 2 is 2.05 bits per heavy atom. The number of aryl methyl sites for hydroxylation is 1. The first-order chi connectivity index (χ1) is 10.4. The third kappa shape index (κ3) is 2.13. The molecule has 1 amide bonds. The topological polar surface area (TPSA) is 20.3 Å². The van der Waals surface area contributed by atoms with Gasteiger partial charge in [0.2, 0.25) is 5.91 Å². The summed E-state index contributed by atoms with van der Waals surface area (Å²) in [6.07, 6.45) is -0.871. The van der Waals surface area contributed by atoms with Gasteiger partial charge in [0.05, 0.1) is 6.04 Å². The van der Waals surface area contributed by atoms with Gasteiger partial charge in [0.25, 0.3) is 6.43 Å². The number of hydrogen-bond donors (Lipinski definition) is 0. The van der Waals surface area contributed by atoms with Crippen LogP contribution < -0.4 is 0 Å². The van der Waals surface area contributed by atoms with Crippen molar-refractivity contribution in [2.24, 2.45) is 5.41 Å². The van der Waals surface area contributed by atoms with Crippen molar-refractivity contribution >= 4 is 5.91 Å². The smallest absolute Gasteiger partial charge is 0.252 e. The van der Waals surface area contributed by atoms with Crippen molar-refractivity contribution in [2.45, 2.75) is 58.0 Å². The van der Waals surface area contributed by atoms with Crippen LogP contribution in [0, 0.1) is 18.2 Å². The van der Waals surface area contributed by atoms with Gasteiger partial charge in [-0.2, -0.15) is 0 Å². The molecule has 1 unspecified atom stereocenters. The first-order valence-corrected chi connectivity index (χ1v) is 7.77. The van der Waals surface area contributed by atoms with Crippen LogP contribution in [-0.4, -0.2) is 23.3 Å². The second-order valence-corrected chi connectivity index (χ2v) is 6.54. The van der Waals surface area contributed by atoms with Crippen molar-refractivity contribution in [1.29, 1.82) is 0 Å². The number of amides is 1. The van der Waals surface area contributed by atoms with Crippen LogP contribution in [0.25, 0.3) is 0 Å². The maximum atomic E-state index is 13.6. The molecule has 2 heterocycles. The summed E-state index contributed by atoms with van der Waals surface area (Å²) in [6.45, 7) is 3.44. The zero-order valence-corrected chi connectivity index (χ0v) is 12.8. The van der Waals surface area contributed by atoms with Crippen LogP contribution in [0.15, 0.2) is 18.2 Å². The second-order valence-electron chi connectivity index (χ2n) is 6.54. The highest BCUT2D eigenvalue weighted by molar-refractivity contribution is 5.86. The fourth-order valence-electron chi connectivity index (χ4n) is 4.07. The number of rotatable bonds is 3. The third-order valence-electron chi connectivity index (χ3n) is 5.26. The molecule has 0 aliphatic carbocycles. The molecule has 120 valence electrons. The van der Waals surface area contributed by atoms with E-state index < -0.39 is 17.7 Å². The molecule has 0 radical (unpaired) electrons. The standard InChI is InChI=1S/C17H20F3NO/c1-3-17(15(19)20)9-13-4-5-14(21(13)16(17)22)11-6-10(2)7-12(18)8-11/h6-8,13-15H,3-5,9H2,1-2H3/t13-,14-,17?/m0/s1. The van der Waals surface area contributed by atoms with Crippen LogP contribution in [0.1, 0.15) is 49.8 Å². The van der Waals surface area contributed by atoms with Crippen LogP contribution in [0.2, 0.25) is 0 Å². The van der Waals surface area contributed by atoms with Crippen LogP contribution in [0.5, 0.6) is 0 Å². The largest absolute Gasteiger partial charge is 0.332 e. The summed E-state index contributed by atoms with van der Waals surface area (Å²) < 4.78 is 40.7. The Bertz CT molecular complexity index is 583. The van der Waals surface area contributed by atoms with Crippen molar-refractivity contribution in [3.8, 4) is 0 Å². The van der Waals surface area contributed by atoms with Gasteiger partial charge in [-0.25, -0.2) is 13.2 Å². The van der Waals surface area contributed by atoms with Gasteiger partial charge < -0.3 is 4.90 Å². The molecule has 0 bridgehead atoms. The molecule has 2 nitrogen and oxygen atoms in total. The zero-order chi connectivity index (χ0) is 16.1. The SMILES string of the molecule is CCC1(C(F)F)C[C@@H]2CC[C@@H](c3cc(C)cc(F)c3)N2C1=O. The van der Waals surface area contributed by atoms with E-state index in [2.05, 4.69) is 0 Å². The van der Waals surface area contributed by atoms with Crippen molar-refractivity contribution in [2.75, 3.05) is 0 Å². The van der Waals surface area contributed by atoms with Gasteiger partial charge in [0.1, 0.15) is 11.2 Å². The van der Waals surface area contributed by atoms with E-state index in [9.17, 15) is 18.0 Å². The summed E-state index contributed by atoms with van der Waals surface area (Å²) in [6, 6.07) is 4.27. The van der Waals surface area contributed by atoms with E-state index >= 15 is 0 Å². The lowest BCUT2D eigenvalue weighted by Gasteiger charge is -2.29. The molecule has 3 atom stereocenters. The maximum absolute atomic E-state index is 13.6. The maximum Gasteiger partial charge on any atom is 0.252 e. The number of benzene rings is 1. The number of fused-ring (bicyclic) bond motifs is 1. The first kappa shape index (κ1) is 15.4. The third-order valence-corrected chi connectivity index (χ3v) is 5.26. The molecular formula is C17H20F3NO. The van der Waals surface area contributed by atoms with E-state index in [0.717, 1.165) is 11.1 Å². The molecule has 3 rings (SSSR count). The molecule has 2 saturated heterocycles.